The number of halogens is 1. The third kappa shape index (κ3) is 5.95. The lowest BCUT2D eigenvalue weighted by Crippen LogP contribution is -2.19. The van der Waals surface area contributed by atoms with E-state index in [9.17, 15) is 4.79 Å². The minimum Gasteiger partial charge on any atom is -0.497 e. The highest BCUT2D eigenvalue weighted by Crippen LogP contribution is 2.23. The van der Waals surface area contributed by atoms with E-state index in [1.165, 1.54) is 14.2 Å². The van der Waals surface area contributed by atoms with Gasteiger partial charge in [-0.1, -0.05) is 46.2 Å². The fourth-order valence-corrected chi connectivity index (χ4v) is 2.82. The molecule has 0 saturated heterocycles. The highest BCUT2D eigenvalue weighted by Gasteiger charge is 2.21. The van der Waals surface area contributed by atoms with Crippen LogP contribution in [-0.4, -0.2) is 52.4 Å². The molecule has 0 atom stereocenters. The maximum atomic E-state index is 12.1. The first-order valence-electron chi connectivity index (χ1n) is 8.85. The summed E-state index contributed by atoms with van der Waals surface area (Å²) in [6.07, 6.45) is 0. The van der Waals surface area contributed by atoms with Crippen LogP contribution < -0.4 is 4.74 Å². The van der Waals surface area contributed by atoms with Crippen LogP contribution in [0, 0.1) is 0 Å². The van der Waals surface area contributed by atoms with Crippen LogP contribution in [0.2, 0.25) is 5.02 Å². The van der Waals surface area contributed by atoms with Gasteiger partial charge in [0, 0.05) is 28.8 Å². The Bertz CT molecular complexity index is 929. The normalized spacial score (nSPS) is 11.8. The number of hydrogen-bond donors (Lipinski definition) is 0. The van der Waals surface area contributed by atoms with Crippen molar-refractivity contribution in [2.45, 2.75) is 6.61 Å². The molecule has 0 fully saturated rings. The molecule has 0 spiro atoms. The summed E-state index contributed by atoms with van der Waals surface area (Å²) in [5.41, 5.74) is 2.23. The Balaban J connectivity index is 2.33. The Morgan fingerprint density at radius 3 is 2.47 bits per heavy atom. The third-order valence-electron chi connectivity index (χ3n) is 4.00. The van der Waals surface area contributed by atoms with Crippen LogP contribution >= 0.6 is 11.6 Å². The lowest BCUT2D eigenvalue weighted by molar-refractivity contribution is -0.132. The third-order valence-corrected chi connectivity index (χ3v) is 4.36. The number of esters is 1. The molecule has 2 aromatic rings. The highest BCUT2D eigenvalue weighted by molar-refractivity contribution is 6.44. The average molecular weight is 435 g/mol. The number of carbonyl (C=O) groups is 1. The number of benzene rings is 2. The first kappa shape index (κ1) is 23.2. The quantitative estimate of drug-likeness (QED) is 0.323. The molecule has 160 valence electrons. The second-order valence-corrected chi connectivity index (χ2v) is 6.26. The molecule has 9 heteroatoms. The SMILES string of the molecule is COC/C(=N\OCc1c(Cl)cccc1/C(=N\OC)C(=O)OC)c1cccc(OC)c1. The van der Waals surface area contributed by atoms with Gasteiger partial charge in [-0.25, -0.2) is 4.79 Å². The first-order valence-corrected chi connectivity index (χ1v) is 9.22. The van der Waals surface area contributed by atoms with Crippen LogP contribution in [-0.2, 0) is 30.6 Å². The maximum Gasteiger partial charge on any atom is 0.360 e. The molecule has 0 amide bonds. The maximum absolute atomic E-state index is 12.1. The molecule has 30 heavy (non-hydrogen) atoms. The summed E-state index contributed by atoms with van der Waals surface area (Å²) in [4.78, 5) is 22.4. The molecular weight excluding hydrogens is 412 g/mol. The minimum atomic E-state index is -0.666. The number of oxime groups is 2. The Kier molecular flexibility index (Phi) is 9.11. The zero-order chi connectivity index (χ0) is 21.9. The molecule has 0 unspecified atom stereocenters. The number of ether oxygens (including phenoxy) is 3. The Hall–Kier alpha value is -3.10. The van der Waals surface area contributed by atoms with Crippen molar-refractivity contribution in [3.63, 3.8) is 0 Å². The molecular formula is C21H23ClN2O6. The lowest BCUT2D eigenvalue weighted by Gasteiger charge is -2.12. The molecule has 0 heterocycles. The summed E-state index contributed by atoms with van der Waals surface area (Å²) in [6.45, 7) is 0.201. The second-order valence-electron chi connectivity index (χ2n) is 5.86. The Morgan fingerprint density at radius 2 is 1.80 bits per heavy atom. The number of hydrogen-bond acceptors (Lipinski definition) is 8. The van der Waals surface area contributed by atoms with Crippen molar-refractivity contribution >= 4 is 29.0 Å². The van der Waals surface area contributed by atoms with E-state index in [-0.39, 0.29) is 18.9 Å². The Morgan fingerprint density at radius 1 is 1.03 bits per heavy atom. The second kappa shape index (κ2) is 11.8. The van der Waals surface area contributed by atoms with Gasteiger partial charge in [0.25, 0.3) is 0 Å². The first-order chi connectivity index (χ1) is 14.5. The van der Waals surface area contributed by atoms with Crippen LogP contribution in [0.15, 0.2) is 52.8 Å². The van der Waals surface area contributed by atoms with Gasteiger partial charge in [-0.05, 0) is 18.2 Å². The van der Waals surface area contributed by atoms with Gasteiger partial charge in [0.15, 0.2) is 5.71 Å². The highest BCUT2D eigenvalue weighted by atomic mass is 35.5. The molecule has 0 aromatic heterocycles. The minimum absolute atomic E-state index is 0.0219. The fraction of sp³-hybridized carbons (Fsp3) is 0.286. The van der Waals surface area contributed by atoms with Gasteiger partial charge in [0.2, 0.25) is 0 Å². The van der Waals surface area contributed by atoms with Crippen molar-refractivity contribution in [1.82, 2.24) is 0 Å². The largest absolute Gasteiger partial charge is 0.497 e. The smallest absolute Gasteiger partial charge is 0.360 e. The van der Waals surface area contributed by atoms with E-state index in [2.05, 4.69) is 10.3 Å². The van der Waals surface area contributed by atoms with E-state index in [0.717, 1.165) is 5.56 Å². The predicted octanol–water partition coefficient (Wildman–Crippen LogP) is 3.44. The van der Waals surface area contributed by atoms with Crippen molar-refractivity contribution < 1.29 is 28.7 Å². The summed E-state index contributed by atoms with van der Waals surface area (Å²) in [5, 5.41) is 8.34. The van der Waals surface area contributed by atoms with Crippen molar-refractivity contribution in [2.75, 3.05) is 35.0 Å². The van der Waals surface area contributed by atoms with Crippen molar-refractivity contribution in [2.24, 2.45) is 10.3 Å². The lowest BCUT2D eigenvalue weighted by atomic mass is 10.0. The van der Waals surface area contributed by atoms with Crippen molar-refractivity contribution in [1.29, 1.82) is 0 Å². The monoisotopic (exact) mass is 434 g/mol. The summed E-state index contributed by atoms with van der Waals surface area (Å²) < 4.78 is 15.3. The molecule has 0 aliphatic heterocycles. The summed E-state index contributed by atoms with van der Waals surface area (Å²) in [7, 11) is 5.73. The van der Waals surface area contributed by atoms with E-state index < -0.39 is 5.97 Å². The molecule has 0 radical (unpaired) electrons. The molecule has 2 aromatic carbocycles. The number of methoxy groups -OCH3 is 3. The number of carbonyl (C=O) groups excluding carboxylic acids is 1. The Labute approximate surface area is 180 Å². The number of nitrogens with zero attached hydrogens (tertiary/aromatic N) is 2. The molecule has 0 bridgehead atoms. The van der Waals surface area contributed by atoms with Gasteiger partial charge in [-0.3, -0.25) is 0 Å². The molecule has 8 nitrogen and oxygen atoms in total. The van der Waals surface area contributed by atoms with Gasteiger partial charge in [-0.15, -0.1) is 0 Å². The predicted molar refractivity (Wildman–Crippen MR) is 113 cm³/mol. The average Bonchev–Trinajstić information content (AvgIpc) is 2.77. The van der Waals surface area contributed by atoms with Crippen LogP contribution in [0.1, 0.15) is 16.7 Å². The molecule has 0 saturated carbocycles. The van der Waals surface area contributed by atoms with Gasteiger partial charge in [0.1, 0.15) is 25.2 Å². The fourth-order valence-electron chi connectivity index (χ4n) is 2.59. The zero-order valence-electron chi connectivity index (χ0n) is 17.2. The van der Waals surface area contributed by atoms with E-state index in [0.29, 0.717) is 27.6 Å². The van der Waals surface area contributed by atoms with E-state index in [1.54, 1.807) is 32.4 Å². The van der Waals surface area contributed by atoms with Crippen LogP contribution in [0.5, 0.6) is 5.75 Å². The van der Waals surface area contributed by atoms with E-state index in [4.69, 9.17) is 35.5 Å². The van der Waals surface area contributed by atoms with Crippen LogP contribution in [0.25, 0.3) is 0 Å². The van der Waals surface area contributed by atoms with Crippen molar-refractivity contribution in [3.05, 3.63) is 64.2 Å². The molecule has 0 aliphatic rings. The number of rotatable bonds is 10. The molecule has 0 aliphatic carbocycles. The van der Waals surface area contributed by atoms with Gasteiger partial charge in [-0.2, -0.15) is 0 Å². The van der Waals surface area contributed by atoms with Gasteiger partial charge >= 0.3 is 5.97 Å². The van der Waals surface area contributed by atoms with Crippen LogP contribution in [0.3, 0.4) is 0 Å². The van der Waals surface area contributed by atoms with Gasteiger partial charge < -0.3 is 23.9 Å². The van der Waals surface area contributed by atoms with Crippen LogP contribution in [0.4, 0.5) is 0 Å². The summed E-state index contributed by atoms with van der Waals surface area (Å²) in [6, 6.07) is 12.4. The van der Waals surface area contributed by atoms with E-state index >= 15 is 0 Å². The summed E-state index contributed by atoms with van der Waals surface area (Å²) >= 11 is 6.34. The standard InChI is InChI=1S/C21H23ClN2O6/c1-26-13-19(14-7-5-8-15(11-14)27-2)23-30-12-17-16(9-6-10-18(17)22)20(24-29-4)21(25)28-3/h5-11H,12-13H2,1-4H3/b23-19+,24-20+. The van der Waals surface area contributed by atoms with Crippen molar-refractivity contribution in [3.8, 4) is 5.75 Å². The van der Waals surface area contributed by atoms with Gasteiger partial charge in [0.05, 0.1) is 20.8 Å². The molecule has 2 rings (SSSR count). The van der Waals surface area contributed by atoms with E-state index in [1.807, 2.05) is 24.3 Å². The molecule has 0 N–H and O–H groups in total. The summed E-state index contributed by atoms with van der Waals surface area (Å²) in [5.74, 6) is 0.0171. The zero-order valence-corrected chi connectivity index (χ0v) is 17.9. The topological polar surface area (TPSA) is 87.9 Å².